The minimum Gasteiger partial charge on any atom is -0.384 e. The summed E-state index contributed by atoms with van der Waals surface area (Å²) in [5.41, 5.74) is 5.15. The van der Waals surface area contributed by atoms with E-state index >= 15 is 0 Å². The van der Waals surface area contributed by atoms with Gasteiger partial charge in [0, 0.05) is 16.1 Å². The zero-order valence-corrected chi connectivity index (χ0v) is 15.9. The number of aryl methyl sites for hydroxylation is 1. The molecule has 0 aliphatic carbocycles. The molecule has 1 aliphatic heterocycles. The Bertz CT molecular complexity index is 1080. The van der Waals surface area contributed by atoms with Gasteiger partial charge in [0.05, 0.1) is 29.0 Å². The Morgan fingerprint density at radius 1 is 1.27 bits per heavy atom. The fourth-order valence-corrected chi connectivity index (χ4v) is 4.53. The second-order valence-electron chi connectivity index (χ2n) is 6.00. The third-order valence-corrected chi connectivity index (χ3v) is 5.82. The first-order chi connectivity index (χ1) is 12.6. The maximum absolute atomic E-state index is 9.07. The van der Waals surface area contributed by atoms with E-state index in [9.17, 15) is 0 Å². The molecule has 1 aromatic carbocycles. The Kier molecular flexibility index (Phi) is 4.41. The third-order valence-electron chi connectivity index (χ3n) is 4.38. The lowest BCUT2D eigenvalue weighted by atomic mass is 10.00. The van der Waals surface area contributed by atoms with E-state index in [0.29, 0.717) is 11.6 Å². The second-order valence-corrected chi connectivity index (χ2v) is 7.44. The van der Waals surface area contributed by atoms with Gasteiger partial charge in [-0.05, 0) is 31.5 Å². The molecule has 0 saturated heterocycles. The molecule has 0 radical (unpaired) electrons. The van der Waals surface area contributed by atoms with Crippen molar-refractivity contribution in [3.05, 3.63) is 68.6 Å². The van der Waals surface area contributed by atoms with E-state index in [4.69, 9.17) is 21.7 Å². The first-order valence-corrected chi connectivity index (χ1v) is 9.37. The van der Waals surface area contributed by atoms with Crippen molar-refractivity contribution in [2.75, 3.05) is 6.61 Å². The largest absolute Gasteiger partial charge is 0.384 e. The van der Waals surface area contributed by atoms with Crippen molar-refractivity contribution in [1.29, 1.82) is 0 Å². The number of benzene rings is 1. The molecule has 0 amide bonds. The van der Waals surface area contributed by atoms with Crippen LogP contribution < -0.4 is 0 Å². The maximum atomic E-state index is 9.07. The summed E-state index contributed by atoms with van der Waals surface area (Å²) in [5, 5.41) is 10.8. The van der Waals surface area contributed by atoms with Gasteiger partial charge in [-0.2, -0.15) is 0 Å². The van der Waals surface area contributed by atoms with Crippen LogP contribution in [-0.2, 0) is 6.54 Å². The molecule has 3 aromatic rings. The van der Waals surface area contributed by atoms with E-state index < -0.39 is 0 Å². The number of halogens is 1. The minimum atomic E-state index is -0.157. The zero-order chi connectivity index (χ0) is 18.3. The molecule has 0 unspecified atom stereocenters. The molecule has 130 valence electrons. The number of nitrogens with zero attached hydrogens (tertiary/aromatic N) is 3. The van der Waals surface area contributed by atoms with Crippen LogP contribution in [0.1, 0.15) is 33.1 Å². The van der Waals surface area contributed by atoms with E-state index in [1.807, 2.05) is 37.4 Å². The highest BCUT2D eigenvalue weighted by atomic mass is 35.5. The lowest BCUT2D eigenvalue weighted by Gasteiger charge is -2.09. The number of aliphatic hydroxyl groups is 1. The molecular formula is C20H16ClN3OS. The molecule has 0 saturated carbocycles. The molecule has 0 atom stereocenters. The van der Waals surface area contributed by atoms with E-state index in [1.54, 1.807) is 11.3 Å². The molecule has 1 N–H and O–H groups in total. The number of aliphatic imine (C=N–C) groups is 1. The summed E-state index contributed by atoms with van der Waals surface area (Å²) < 4.78 is 2.16. The van der Waals surface area contributed by atoms with Gasteiger partial charge >= 0.3 is 0 Å². The number of hydrogen-bond donors (Lipinski definition) is 1. The lowest BCUT2D eigenvalue weighted by molar-refractivity contribution is 0.350. The Labute approximate surface area is 160 Å². The highest BCUT2D eigenvalue weighted by Crippen LogP contribution is 2.36. The highest BCUT2D eigenvalue weighted by molar-refractivity contribution is 7.15. The van der Waals surface area contributed by atoms with E-state index in [0.717, 1.165) is 43.8 Å². The fourth-order valence-electron chi connectivity index (χ4n) is 3.14. The Morgan fingerprint density at radius 3 is 2.77 bits per heavy atom. The van der Waals surface area contributed by atoms with Gasteiger partial charge in [-0.25, -0.2) is 4.98 Å². The molecule has 0 bridgehead atoms. The molecule has 3 heterocycles. The topological polar surface area (TPSA) is 50.4 Å². The van der Waals surface area contributed by atoms with Crippen LogP contribution in [-0.4, -0.2) is 27.0 Å². The van der Waals surface area contributed by atoms with Crippen LogP contribution in [0.4, 0.5) is 0 Å². The van der Waals surface area contributed by atoms with Crippen molar-refractivity contribution in [3.8, 4) is 16.8 Å². The summed E-state index contributed by atoms with van der Waals surface area (Å²) in [4.78, 5) is 10.3. The van der Waals surface area contributed by atoms with Crippen LogP contribution in [0.3, 0.4) is 0 Å². The molecule has 1 aliphatic rings. The summed E-state index contributed by atoms with van der Waals surface area (Å²) in [6, 6.07) is 7.75. The van der Waals surface area contributed by atoms with Crippen molar-refractivity contribution < 1.29 is 5.11 Å². The molecule has 4 nitrogen and oxygen atoms in total. The third kappa shape index (κ3) is 2.77. The fraction of sp³-hybridized carbons (Fsp3) is 0.200. The van der Waals surface area contributed by atoms with Crippen molar-refractivity contribution in [1.82, 2.24) is 9.55 Å². The predicted octanol–water partition coefficient (Wildman–Crippen LogP) is 3.90. The number of thiophene rings is 1. The van der Waals surface area contributed by atoms with Crippen molar-refractivity contribution in [2.45, 2.75) is 20.4 Å². The van der Waals surface area contributed by atoms with Gasteiger partial charge in [0.1, 0.15) is 17.4 Å². The summed E-state index contributed by atoms with van der Waals surface area (Å²) in [5.74, 6) is 6.76. The SMILES string of the molecule is Cc1c(C#CCO)sc2c1C(c1ccc(Cl)cc1)=NCc1cnc(C)n1-2. The van der Waals surface area contributed by atoms with Gasteiger partial charge in [-0.15, -0.1) is 11.3 Å². The summed E-state index contributed by atoms with van der Waals surface area (Å²) in [7, 11) is 0. The van der Waals surface area contributed by atoms with Crippen molar-refractivity contribution in [2.24, 2.45) is 4.99 Å². The molecule has 26 heavy (non-hydrogen) atoms. The average Bonchev–Trinajstić information content (AvgIpc) is 3.09. The van der Waals surface area contributed by atoms with Crippen LogP contribution in [0.5, 0.6) is 0 Å². The highest BCUT2D eigenvalue weighted by Gasteiger charge is 2.26. The molecule has 4 rings (SSSR count). The Balaban J connectivity index is 1.99. The quantitative estimate of drug-likeness (QED) is 0.650. The number of imidazole rings is 1. The smallest absolute Gasteiger partial charge is 0.112 e. The molecule has 2 aromatic heterocycles. The van der Waals surface area contributed by atoms with Crippen LogP contribution in [0.15, 0.2) is 35.5 Å². The first-order valence-electron chi connectivity index (χ1n) is 8.17. The number of fused-ring (bicyclic) bond motifs is 3. The van der Waals surface area contributed by atoms with Gasteiger partial charge in [0.15, 0.2) is 0 Å². The van der Waals surface area contributed by atoms with E-state index in [-0.39, 0.29) is 6.61 Å². The molecule has 0 spiro atoms. The summed E-state index contributed by atoms with van der Waals surface area (Å²) >= 11 is 7.67. The summed E-state index contributed by atoms with van der Waals surface area (Å²) in [6.45, 7) is 4.46. The number of aliphatic hydroxyl groups excluding tert-OH is 1. The van der Waals surface area contributed by atoms with Gasteiger partial charge in [-0.3, -0.25) is 9.56 Å². The van der Waals surface area contributed by atoms with Gasteiger partial charge in [-0.1, -0.05) is 35.6 Å². The number of aromatic nitrogens is 2. The molecule has 0 fully saturated rings. The second kappa shape index (κ2) is 6.73. The van der Waals surface area contributed by atoms with E-state index in [2.05, 4.69) is 28.3 Å². The van der Waals surface area contributed by atoms with Crippen LogP contribution in [0.25, 0.3) is 5.00 Å². The Morgan fingerprint density at radius 2 is 2.04 bits per heavy atom. The maximum Gasteiger partial charge on any atom is 0.112 e. The van der Waals surface area contributed by atoms with E-state index in [1.165, 1.54) is 0 Å². The van der Waals surface area contributed by atoms with Gasteiger partial charge in [0.25, 0.3) is 0 Å². The van der Waals surface area contributed by atoms with Crippen molar-refractivity contribution >= 4 is 28.6 Å². The van der Waals surface area contributed by atoms with Crippen molar-refractivity contribution in [3.63, 3.8) is 0 Å². The number of rotatable bonds is 1. The minimum absolute atomic E-state index is 0.157. The summed E-state index contributed by atoms with van der Waals surface area (Å²) in [6.07, 6.45) is 1.88. The average molecular weight is 382 g/mol. The first kappa shape index (κ1) is 17.0. The predicted molar refractivity (Wildman–Crippen MR) is 106 cm³/mol. The lowest BCUT2D eigenvalue weighted by Crippen LogP contribution is -2.07. The van der Waals surface area contributed by atoms with Gasteiger partial charge in [0.2, 0.25) is 0 Å². The standard InChI is InChI=1S/C20H16ClN3OS/c1-12-17(4-3-9-25)26-20-18(12)19(14-5-7-15(21)8-6-14)23-11-16-10-22-13(2)24(16)20/h5-8,10,25H,9,11H2,1-2H3. The number of hydrogen-bond acceptors (Lipinski definition) is 4. The zero-order valence-electron chi connectivity index (χ0n) is 14.4. The normalized spacial score (nSPS) is 12.5. The molecule has 6 heteroatoms. The van der Waals surface area contributed by atoms with Crippen LogP contribution in [0, 0.1) is 25.7 Å². The van der Waals surface area contributed by atoms with Crippen LogP contribution >= 0.6 is 22.9 Å². The Hall–Kier alpha value is -2.39. The monoisotopic (exact) mass is 381 g/mol. The van der Waals surface area contributed by atoms with Crippen LogP contribution in [0.2, 0.25) is 5.02 Å². The molecular weight excluding hydrogens is 366 g/mol. The van der Waals surface area contributed by atoms with Gasteiger partial charge < -0.3 is 5.11 Å².